The number of amides is 2. The van der Waals surface area contributed by atoms with Crippen LogP contribution in [0.25, 0.3) is 0 Å². The maximum atomic E-state index is 12.3. The molecule has 0 aliphatic rings. The Bertz CT molecular complexity index is 872. The number of nitrogens with one attached hydrogen (secondary N) is 2. The Morgan fingerprint density at radius 3 is 2.19 bits per heavy atom. The lowest BCUT2D eigenvalue weighted by molar-refractivity contribution is -0.115. The van der Waals surface area contributed by atoms with Crippen LogP contribution in [0, 0.1) is 0 Å². The third-order valence-corrected chi connectivity index (χ3v) is 4.57. The van der Waals surface area contributed by atoms with Crippen molar-refractivity contribution in [3.05, 3.63) is 76.5 Å². The van der Waals surface area contributed by atoms with E-state index in [1.54, 1.807) is 67.0 Å². The first-order valence-electron chi connectivity index (χ1n) is 8.02. The molecule has 26 heavy (non-hydrogen) atoms. The van der Waals surface area contributed by atoms with E-state index in [9.17, 15) is 9.59 Å². The summed E-state index contributed by atoms with van der Waals surface area (Å²) in [7, 11) is 1.59. The van der Waals surface area contributed by atoms with Gasteiger partial charge in [0.2, 0.25) is 5.91 Å². The van der Waals surface area contributed by atoms with Gasteiger partial charge in [-0.25, -0.2) is 0 Å². The van der Waals surface area contributed by atoms with Crippen LogP contribution in [0.2, 0.25) is 0 Å². The summed E-state index contributed by atoms with van der Waals surface area (Å²) >= 11 is 1.55. The van der Waals surface area contributed by atoms with Crippen molar-refractivity contribution in [1.82, 2.24) is 0 Å². The molecule has 1 aromatic heterocycles. The molecule has 0 spiro atoms. The molecule has 6 heteroatoms. The summed E-state index contributed by atoms with van der Waals surface area (Å²) in [5.41, 5.74) is 1.86. The topological polar surface area (TPSA) is 67.4 Å². The number of methoxy groups -OCH3 is 1. The van der Waals surface area contributed by atoms with Crippen molar-refractivity contribution in [2.75, 3.05) is 17.7 Å². The molecule has 3 aromatic rings. The van der Waals surface area contributed by atoms with E-state index >= 15 is 0 Å². The van der Waals surface area contributed by atoms with Gasteiger partial charge in [-0.3, -0.25) is 9.59 Å². The summed E-state index contributed by atoms with van der Waals surface area (Å²) in [4.78, 5) is 25.3. The number of rotatable bonds is 6. The van der Waals surface area contributed by atoms with Crippen molar-refractivity contribution in [3.8, 4) is 5.75 Å². The highest BCUT2D eigenvalue weighted by atomic mass is 32.1. The fourth-order valence-corrected chi connectivity index (χ4v) is 3.06. The van der Waals surface area contributed by atoms with Gasteiger partial charge in [0.05, 0.1) is 13.5 Å². The number of hydrogen-bond donors (Lipinski definition) is 2. The molecule has 1 heterocycles. The van der Waals surface area contributed by atoms with Gasteiger partial charge >= 0.3 is 0 Å². The largest absolute Gasteiger partial charge is 0.497 e. The number of thiophene rings is 1. The number of anilines is 2. The van der Waals surface area contributed by atoms with Gasteiger partial charge in [-0.15, -0.1) is 11.3 Å². The van der Waals surface area contributed by atoms with Crippen LogP contribution in [0.15, 0.2) is 66.0 Å². The first-order chi connectivity index (χ1) is 12.6. The van der Waals surface area contributed by atoms with E-state index in [0.29, 0.717) is 23.4 Å². The number of carbonyl (C=O) groups excluding carboxylic acids is 2. The average Bonchev–Trinajstić information content (AvgIpc) is 3.15. The lowest BCUT2D eigenvalue weighted by Gasteiger charge is -2.08. The van der Waals surface area contributed by atoms with Gasteiger partial charge in [0.1, 0.15) is 5.75 Å². The summed E-state index contributed by atoms with van der Waals surface area (Å²) in [6.07, 6.45) is 0.345. The SMILES string of the molecule is COc1ccc(NC(=O)c2ccc(NC(=O)Cc3cccs3)cc2)cc1. The van der Waals surface area contributed by atoms with E-state index in [2.05, 4.69) is 10.6 Å². The van der Waals surface area contributed by atoms with Gasteiger partial charge < -0.3 is 15.4 Å². The van der Waals surface area contributed by atoms with Gasteiger partial charge in [-0.1, -0.05) is 6.07 Å². The van der Waals surface area contributed by atoms with Gasteiger partial charge in [0.15, 0.2) is 0 Å². The standard InChI is InChI=1S/C20H18N2O3S/c1-25-17-10-8-16(9-11-17)22-20(24)14-4-6-15(7-5-14)21-19(23)13-18-3-2-12-26-18/h2-12H,13H2,1H3,(H,21,23)(H,22,24). The first-order valence-corrected chi connectivity index (χ1v) is 8.90. The molecule has 0 saturated heterocycles. The minimum atomic E-state index is -0.216. The van der Waals surface area contributed by atoms with Crippen molar-refractivity contribution in [3.63, 3.8) is 0 Å². The average molecular weight is 366 g/mol. The molecule has 2 aromatic carbocycles. The lowest BCUT2D eigenvalue weighted by Crippen LogP contribution is -2.14. The van der Waals surface area contributed by atoms with Gasteiger partial charge in [0, 0.05) is 21.8 Å². The Hall–Kier alpha value is -3.12. The van der Waals surface area contributed by atoms with Crippen LogP contribution < -0.4 is 15.4 Å². The predicted octanol–water partition coefficient (Wildman–Crippen LogP) is 4.19. The smallest absolute Gasteiger partial charge is 0.255 e. The predicted molar refractivity (Wildman–Crippen MR) is 104 cm³/mol. The summed E-state index contributed by atoms with van der Waals surface area (Å²) in [5.74, 6) is 0.431. The molecule has 132 valence electrons. The maximum absolute atomic E-state index is 12.3. The lowest BCUT2D eigenvalue weighted by atomic mass is 10.2. The van der Waals surface area contributed by atoms with E-state index in [-0.39, 0.29) is 11.8 Å². The summed E-state index contributed by atoms with van der Waals surface area (Å²) < 4.78 is 5.09. The number of hydrogen-bond acceptors (Lipinski definition) is 4. The van der Waals surface area contributed by atoms with Crippen LogP contribution in [-0.4, -0.2) is 18.9 Å². The number of ether oxygens (including phenoxy) is 1. The highest BCUT2D eigenvalue weighted by molar-refractivity contribution is 7.10. The van der Waals surface area contributed by atoms with Crippen LogP contribution in [0.5, 0.6) is 5.75 Å². The van der Waals surface area contributed by atoms with E-state index in [1.807, 2.05) is 17.5 Å². The molecule has 0 atom stereocenters. The molecule has 0 fully saturated rings. The molecule has 0 saturated carbocycles. The zero-order valence-corrected chi connectivity index (χ0v) is 15.0. The molecule has 5 nitrogen and oxygen atoms in total. The third kappa shape index (κ3) is 4.70. The number of carbonyl (C=O) groups is 2. The molecular weight excluding hydrogens is 348 g/mol. The van der Waals surface area contributed by atoms with Crippen LogP contribution in [-0.2, 0) is 11.2 Å². The van der Waals surface area contributed by atoms with Crippen LogP contribution in [0.4, 0.5) is 11.4 Å². The van der Waals surface area contributed by atoms with E-state index < -0.39 is 0 Å². The molecular formula is C20H18N2O3S. The Labute approximate surface area is 155 Å². The second-order valence-electron chi connectivity index (χ2n) is 5.56. The normalized spacial score (nSPS) is 10.2. The van der Waals surface area contributed by atoms with E-state index in [1.165, 1.54) is 0 Å². The first kappa shape index (κ1) is 17.7. The summed E-state index contributed by atoms with van der Waals surface area (Å²) in [5, 5.41) is 7.59. The molecule has 3 rings (SSSR count). The van der Waals surface area contributed by atoms with E-state index in [0.717, 1.165) is 10.6 Å². The van der Waals surface area contributed by atoms with Crippen molar-refractivity contribution >= 4 is 34.5 Å². The highest BCUT2D eigenvalue weighted by Crippen LogP contribution is 2.17. The Balaban J connectivity index is 1.57. The molecule has 2 N–H and O–H groups in total. The third-order valence-electron chi connectivity index (χ3n) is 3.69. The van der Waals surface area contributed by atoms with Crippen LogP contribution in [0.1, 0.15) is 15.2 Å². The molecule has 0 unspecified atom stereocenters. The molecule has 0 aliphatic carbocycles. The Kier molecular flexibility index (Phi) is 5.66. The van der Waals surface area contributed by atoms with Crippen LogP contribution in [0.3, 0.4) is 0 Å². The quantitative estimate of drug-likeness (QED) is 0.687. The maximum Gasteiger partial charge on any atom is 0.255 e. The fourth-order valence-electron chi connectivity index (χ4n) is 2.36. The zero-order valence-electron chi connectivity index (χ0n) is 14.2. The number of benzene rings is 2. The van der Waals surface area contributed by atoms with Crippen molar-refractivity contribution in [1.29, 1.82) is 0 Å². The molecule has 0 bridgehead atoms. The second kappa shape index (κ2) is 8.31. The monoisotopic (exact) mass is 366 g/mol. The highest BCUT2D eigenvalue weighted by Gasteiger charge is 2.08. The summed E-state index contributed by atoms with van der Waals surface area (Å²) in [6.45, 7) is 0. The molecule has 0 radical (unpaired) electrons. The Morgan fingerprint density at radius 2 is 1.58 bits per heavy atom. The van der Waals surface area contributed by atoms with Gasteiger partial charge in [-0.05, 0) is 60.0 Å². The molecule has 0 aliphatic heterocycles. The van der Waals surface area contributed by atoms with Gasteiger partial charge in [-0.2, -0.15) is 0 Å². The van der Waals surface area contributed by atoms with Crippen molar-refractivity contribution < 1.29 is 14.3 Å². The minimum Gasteiger partial charge on any atom is -0.497 e. The van der Waals surface area contributed by atoms with Crippen molar-refractivity contribution in [2.45, 2.75) is 6.42 Å². The van der Waals surface area contributed by atoms with Crippen molar-refractivity contribution in [2.24, 2.45) is 0 Å². The fraction of sp³-hybridized carbons (Fsp3) is 0.100. The molecule has 2 amide bonds. The second-order valence-corrected chi connectivity index (χ2v) is 6.60. The Morgan fingerprint density at radius 1 is 0.923 bits per heavy atom. The zero-order chi connectivity index (χ0) is 18.4. The van der Waals surface area contributed by atoms with Gasteiger partial charge in [0.25, 0.3) is 5.91 Å². The van der Waals surface area contributed by atoms with E-state index in [4.69, 9.17) is 4.74 Å². The summed E-state index contributed by atoms with van der Waals surface area (Å²) in [6, 6.07) is 17.7. The van der Waals surface area contributed by atoms with Crippen LogP contribution >= 0.6 is 11.3 Å². The minimum absolute atomic E-state index is 0.0807.